The van der Waals surface area contributed by atoms with Crippen LogP contribution < -0.4 is 0 Å². The molecule has 1 atom stereocenters. The molecule has 1 aromatic heterocycles. The minimum Gasteiger partial charge on any atom is -0.479 e. The Bertz CT molecular complexity index is 372. The van der Waals surface area contributed by atoms with E-state index in [0.29, 0.717) is 18.7 Å². The van der Waals surface area contributed by atoms with Crippen LogP contribution in [-0.2, 0) is 22.2 Å². The van der Waals surface area contributed by atoms with Gasteiger partial charge in [0.1, 0.15) is 5.69 Å². The van der Waals surface area contributed by atoms with Crippen molar-refractivity contribution in [2.45, 2.75) is 25.4 Å². The van der Waals surface area contributed by atoms with Crippen molar-refractivity contribution in [3.05, 3.63) is 17.5 Å². The van der Waals surface area contributed by atoms with E-state index in [2.05, 4.69) is 5.10 Å². The molecule has 1 aromatic rings. The first-order chi connectivity index (χ1) is 7.06. The molecule has 1 unspecified atom stereocenters. The summed E-state index contributed by atoms with van der Waals surface area (Å²) < 4.78 is 7.05. The van der Waals surface area contributed by atoms with Crippen molar-refractivity contribution >= 4 is 5.97 Å². The molecule has 2 heterocycles. The van der Waals surface area contributed by atoms with Crippen molar-refractivity contribution in [3.63, 3.8) is 0 Å². The molecular weight excluding hydrogens is 196 g/mol. The number of hydrogen-bond acceptors (Lipinski definition) is 3. The summed E-state index contributed by atoms with van der Waals surface area (Å²) in [4.78, 5) is 11.3. The number of ether oxygens (including phenoxy) is 1. The van der Waals surface area contributed by atoms with Gasteiger partial charge >= 0.3 is 5.97 Å². The highest BCUT2D eigenvalue weighted by molar-refractivity contribution is 5.79. The number of carboxylic acids is 1. The molecule has 0 aliphatic carbocycles. The quantitative estimate of drug-likeness (QED) is 0.784. The van der Waals surface area contributed by atoms with Gasteiger partial charge in [0.2, 0.25) is 5.60 Å². The van der Waals surface area contributed by atoms with Gasteiger partial charge in [0.05, 0.1) is 0 Å². The smallest absolute Gasteiger partial charge is 0.342 e. The van der Waals surface area contributed by atoms with E-state index >= 15 is 0 Å². The fourth-order valence-corrected chi connectivity index (χ4v) is 1.88. The molecular formula is C10H14N2O3. The Balaban J connectivity index is 2.45. The number of aliphatic carboxylic acids is 1. The Kier molecular flexibility index (Phi) is 2.26. The average Bonchev–Trinajstić information content (AvgIpc) is 2.75. The van der Waals surface area contributed by atoms with Crippen molar-refractivity contribution in [2.24, 2.45) is 7.05 Å². The van der Waals surface area contributed by atoms with E-state index in [4.69, 9.17) is 4.74 Å². The van der Waals surface area contributed by atoms with E-state index in [1.807, 2.05) is 6.92 Å². The molecule has 82 valence electrons. The summed E-state index contributed by atoms with van der Waals surface area (Å²) in [5.41, 5.74) is 0.222. The summed E-state index contributed by atoms with van der Waals surface area (Å²) in [5.74, 6) is -0.946. The molecule has 0 radical (unpaired) electrons. The van der Waals surface area contributed by atoms with Crippen LogP contribution in [0.2, 0.25) is 0 Å². The van der Waals surface area contributed by atoms with Crippen molar-refractivity contribution in [1.82, 2.24) is 9.78 Å². The van der Waals surface area contributed by atoms with Crippen LogP contribution in [0.5, 0.6) is 0 Å². The molecule has 0 amide bonds. The van der Waals surface area contributed by atoms with Gasteiger partial charge in [-0.05, 0) is 25.8 Å². The highest BCUT2D eigenvalue weighted by atomic mass is 16.5. The Morgan fingerprint density at radius 1 is 1.73 bits per heavy atom. The zero-order valence-electron chi connectivity index (χ0n) is 8.86. The van der Waals surface area contributed by atoms with Gasteiger partial charge in [0.15, 0.2) is 0 Å². The van der Waals surface area contributed by atoms with Gasteiger partial charge in [-0.25, -0.2) is 4.79 Å². The van der Waals surface area contributed by atoms with Crippen LogP contribution in [0.1, 0.15) is 24.2 Å². The summed E-state index contributed by atoms with van der Waals surface area (Å²) in [5, 5.41) is 13.4. The number of hydrogen-bond donors (Lipinski definition) is 1. The molecule has 0 spiro atoms. The van der Waals surface area contributed by atoms with E-state index in [1.54, 1.807) is 17.8 Å². The molecule has 0 saturated carbocycles. The first kappa shape index (κ1) is 10.2. The van der Waals surface area contributed by atoms with Gasteiger partial charge in [0.25, 0.3) is 0 Å². The second-order valence-electron chi connectivity index (χ2n) is 3.88. The third kappa shape index (κ3) is 1.43. The predicted octanol–water partition coefficient (Wildman–Crippen LogP) is 0.819. The van der Waals surface area contributed by atoms with Gasteiger partial charge in [-0.2, -0.15) is 5.10 Å². The number of carboxylic acid groups (broad SMARTS) is 1. The van der Waals surface area contributed by atoms with Gasteiger partial charge < -0.3 is 9.84 Å². The standard InChI is InChI=1S/C10H14N2O3/c1-7-6-8(11-12(7)2)10(9(13)14)4-3-5-15-10/h6H,3-5H2,1-2H3,(H,13,14). The van der Waals surface area contributed by atoms with Crippen LogP contribution in [0, 0.1) is 6.92 Å². The molecule has 1 aliphatic heterocycles. The lowest BCUT2D eigenvalue weighted by atomic mass is 9.96. The Hall–Kier alpha value is -1.36. The number of nitrogens with zero attached hydrogens (tertiary/aromatic N) is 2. The first-order valence-electron chi connectivity index (χ1n) is 4.95. The summed E-state index contributed by atoms with van der Waals surface area (Å²) in [6.45, 7) is 2.38. The molecule has 5 nitrogen and oxygen atoms in total. The third-order valence-electron chi connectivity index (χ3n) is 2.89. The highest BCUT2D eigenvalue weighted by Gasteiger charge is 2.46. The van der Waals surface area contributed by atoms with Crippen LogP contribution in [-0.4, -0.2) is 27.5 Å². The first-order valence-corrected chi connectivity index (χ1v) is 4.95. The number of rotatable bonds is 2. The zero-order chi connectivity index (χ0) is 11.1. The average molecular weight is 210 g/mol. The third-order valence-corrected chi connectivity index (χ3v) is 2.89. The second-order valence-corrected chi connectivity index (χ2v) is 3.88. The lowest BCUT2D eigenvalue weighted by Crippen LogP contribution is -2.35. The predicted molar refractivity (Wildman–Crippen MR) is 52.4 cm³/mol. The second kappa shape index (κ2) is 3.34. The van der Waals surface area contributed by atoms with E-state index in [0.717, 1.165) is 12.1 Å². The molecule has 1 N–H and O–H groups in total. The molecule has 0 aromatic carbocycles. The van der Waals surface area contributed by atoms with Crippen LogP contribution in [0.25, 0.3) is 0 Å². The summed E-state index contributed by atoms with van der Waals surface area (Å²) in [6.07, 6.45) is 1.26. The van der Waals surface area contributed by atoms with Crippen LogP contribution in [0.4, 0.5) is 0 Å². The zero-order valence-corrected chi connectivity index (χ0v) is 8.86. The van der Waals surface area contributed by atoms with E-state index in [9.17, 15) is 9.90 Å². The van der Waals surface area contributed by atoms with Crippen molar-refractivity contribution in [3.8, 4) is 0 Å². The largest absolute Gasteiger partial charge is 0.479 e. The van der Waals surface area contributed by atoms with Crippen LogP contribution in [0.15, 0.2) is 6.07 Å². The molecule has 1 saturated heterocycles. The molecule has 5 heteroatoms. The maximum Gasteiger partial charge on any atom is 0.342 e. The van der Waals surface area contributed by atoms with Gasteiger partial charge in [-0.15, -0.1) is 0 Å². The van der Waals surface area contributed by atoms with Crippen LogP contribution in [0.3, 0.4) is 0 Å². The Labute approximate surface area is 87.7 Å². The molecule has 1 aliphatic rings. The number of aryl methyl sites for hydroxylation is 2. The van der Waals surface area contributed by atoms with E-state index in [1.165, 1.54) is 0 Å². The fourth-order valence-electron chi connectivity index (χ4n) is 1.88. The fraction of sp³-hybridized carbons (Fsp3) is 0.600. The topological polar surface area (TPSA) is 64.3 Å². The Morgan fingerprint density at radius 3 is 2.87 bits per heavy atom. The van der Waals surface area contributed by atoms with Crippen molar-refractivity contribution < 1.29 is 14.6 Å². The van der Waals surface area contributed by atoms with Crippen molar-refractivity contribution in [2.75, 3.05) is 6.61 Å². The minimum atomic E-state index is -1.22. The van der Waals surface area contributed by atoms with E-state index in [-0.39, 0.29) is 0 Å². The monoisotopic (exact) mass is 210 g/mol. The van der Waals surface area contributed by atoms with Gasteiger partial charge in [-0.3, -0.25) is 4.68 Å². The van der Waals surface area contributed by atoms with Gasteiger partial charge in [-0.1, -0.05) is 0 Å². The summed E-state index contributed by atoms with van der Waals surface area (Å²) in [6, 6.07) is 1.78. The molecule has 1 fully saturated rings. The summed E-state index contributed by atoms with van der Waals surface area (Å²) in [7, 11) is 1.79. The molecule has 0 bridgehead atoms. The number of carbonyl (C=O) groups is 1. The molecule has 15 heavy (non-hydrogen) atoms. The van der Waals surface area contributed by atoms with Crippen molar-refractivity contribution in [1.29, 1.82) is 0 Å². The SMILES string of the molecule is Cc1cc(C2(C(=O)O)CCCO2)nn1C. The minimum absolute atomic E-state index is 0.488. The lowest BCUT2D eigenvalue weighted by molar-refractivity contribution is -0.161. The van der Waals surface area contributed by atoms with E-state index < -0.39 is 11.6 Å². The van der Waals surface area contributed by atoms with Crippen LogP contribution >= 0.6 is 0 Å². The van der Waals surface area contributed by atoms with Gasteiger partial charge in [0, 0.05) is 19.3 Å². The number of aromatic nitrogens is 2. The normalized spacial score (nSPS) is 25.7. The maximum absolute atomic E-state index is 11.3. The lowest BCUT2D eigenvalue weighted by Gasteiger charge is -2.20. The summed E-state index contributed by atoms with van der Waals surface area (Å²) >= 11 is 0. The Morgan fingerprint density at radius 2 is 2.47 bits per heavy atom. The highest BCUT2D eigenvalue weighted by Crippen LogP contribution is 2.35. The molecule has 2 rings (SSSR count). The maximum atomic E-state index is 11.3.